The van der Waals surface area contributed by atoms with Gasteiger partial charge in [0.25, 0.3) is 0 Å². The first kappa shape index (κ1) is 12.7. The van der Waals surface area contributed by atoms with Gasteiger partial charge in [-0.05, 0) is 31.9 Å². The minimum absolute atomic E-state index is 0.922. The first-order valence-corrected chi connectivity index (χ1v) is 6.68. The summed E-state index contributed by atoms with van der Waals surface area (Å²) in [6, 6.07) is 2.18. The summed E-state index contributed by atoms with van der Waals surface area (Å²) in [5, 5.41) is 8.94. The zero-order valence-electron chi connectivity index (χ0n) is 9.59. The molecule has 15 heavy (non-hydrogen) atoms. The van der Waals surface area contributed by atoms with Gasteiger partial charge in [-0.15, -0.1) is 0 Å². The highest BCUT2D eigenvalue weighted by molar-refractivity contribution is 9.09. The maximum Gasteiger partial charge on any atom is 0.0625 e. The van der Waals surface area contributed by atoms with E-state index in [-0.39, 0.29) is 0 Å². The topological polar surface area (TPSA) is 29.9 Å². The number of nitrogens with zero attached hydrogens (tertiary/aromatic N) is 2. The lowest BCUT2D eigenvalue weighted by Crippen LogP contribution is -2.16. The average Bonchev–Trinajstić information content (AvgIpc) is 2.59. The number of aryl methyl sites for hydroxylation is 2. The molecule has 0 aliphatic carbocycles. The zero-order valence-corrected chi connectivity index (χ0v) is 11.2. The summed E-state index contributed by atoms with van der Waals surface area (Å²) in [6.07, 6.45) is 3.47. The van der Waals surface area contributed by atoms with Crippen molar-refractivity contribution in [3.63, 3.8) is 0 Å². The van der Waals surface area contributed by atoms with Crippen LogP contribution in [0.3, 0.4) is 0 Å². The second kappa shape index (κ2) is 7.01. The Bertz CT molecular complexity index is 283. The third-order valence-corrected chi connectivity index (χ3v) is 2.99. The van der Waals surface area contributed by atoms with Crippen LogP contribution < -0.4 is 5.32 Å². The van der Waals surface area contributed by atoms with E-state index in [2.05, 4.69) is 39.3 Å². The van der Waals surface area contributed by atoms with Gasteiger partial charge >= 0.3 is 0 Å². The Hall–Kier alpha value is -0.350. The standard InChI is InChI=1S/C11H20BrN3/c1-3-10-8-11(15(2)14-10)9-13-7-5-4-6-12/h8,13H,3-7,9H2,1-2H3. The number of hydrogen-bond acceptors (Lipinski definition) is 2. The average molecular weight is 274 g/mol. The summed E-state index contributed by atoms with van der Waals surface area (Å²) in [5.41, 5.74) is 2.44. The number of aromatic nitrogens is 2. The van der Waals surface area contributed by atoms with E-state index in [1.165, 1.54) is 24.2 Å². The molecule has 86 valence electrons. The largest absolute Gasteiger partial charge is 0.311 e. The van der Waals surface area contributed by atoms with Gasteiger partial charge in [0.2, 0.25) is 0 Å². The van der Waals surface area contributed by atoms with Crippen molar-refractivity contribution in [3.05, 3.63) is 17.5 Å². The fourth-order valence-corrected chi connectivity index (χ4v) is 1.87. The van der Waals surface area contributed by atoms with Gasteiger partial charge in [0.15, 0.2) is 0 Å². The molecule has 1 heterocycles. The van der Waals surface area contributed by atoms with Gasteiger partial charge in [-0.1, -0.05) is 22.9 Å². The molecule has 4 heteroatoms. The third kappa shape index (κ3) is 4.34. The quantitative estimate of drug-likeness (QED) is 0.610. The van der Waals surface area contributed by atoms with Crippen molar-refractivity contribution in [2.75, 3.05) is 11.9 Å². The van der Waals surface area contributed by atoms with Gasteiger partial charge < -0.3 is 5.32 Å². The van der Waals surface area contributed by atoms with E-state index in [9.17, 15) is 0 Å². The molecule has 0 unspecified atom stereocenters. The SMILES string of the molecule is CCc1cc(CNCCCCBr)n(C)n1. The van der Waals surface area contributed by atoms with E-state index in [0.717, 1.165) is 24.8 Å². The fraction of sp³-hybridized carbons (Fsp3) is 0.727. The Labute approximate surface area is 100 Å². The molecule has 0 radical (unpaired) electrons. The van der Waals surface area contributed by atoms with Gasteiger partial charge in [0.05, 0.1) is 11.4 Å². The van der Waals surface area contributed by atoms with E-state index in [4.69, 9.17) is 0 Å². The lowest BCUT2D eigenvalue weighted by atomic mass is 10.3. The van der Waals surface area contributed by atoms with Crippen LogP contribution in [0.1, 0.15) is 31.2 Å². The smallest absolute Gasteiger partial charge is 0.0625 e. The molecule has 0 saturated carbocycles. The highest BCUT2D eigenvalue weighted by Crippen LogP contribution is 2.03. The maximum atomic E-state index is 4.41. The van der Waals surface area contributed by atoms with Crippen LogP contribution >= 0.6 is 15.9 Å². The molecule has 1 aromatic heterocycles. The van der Waals surface area contributed by atoms with Gasteiger partial charge in [-0.2, -0.15) is 5.10 Å². The highest BCUT2D eigenvalue weighted by atomic mass is 79.9. The molecule has 0 fully saturated rings. The lowest BCUT2D eigenvalue weighted by molar-refractivity contribution is 0.603. The van der Waals surface area contributed by atoms with Crippen molar-refractivity contribution >= 4 is 15.9 Å². The highest BCUT2D eigenvalue weighted by Gasteiger charge is 2.02. The summed E-state index contributed by atoms with van der Waals surface area (Å²) < 4.78 is 1.97. The monoisotopic (exact) mass is 273 g/mol. The van der Waals surface area contributed by atoms with Crippen LogP contribution in [0.25, 0.3) is 0 Å². The van der Waals surface area contributed by atoms with Crippen LogP contribution in [0, 0.1) is 0 Å². The molecule has 0 aliphatic heterocycles. The minimum Gasteiger partial charge on any atom is -0.311 e. The molecular formula is C11H20BrN3. The normalized spacial score (nSPS) is 10.9. The molecule has 1 N–H and O–H groups in total. The molecule has 0 atom stereocenters. The predicted molar refractivity (Wildman–Crippen MR) is 67.3 cm³/mol. The van der Waals surface area contributed by atoms with E-state index in [1.54, 1.807) is 0 Å². The fourth-order valence-electron chi connectivity index (χ4n) is 1.47. The third-order valence-electron chi connectivity index (χ3n) is 2.43. The van der Waals surface area contributed by atoms with E-state index >= 15 is 0 Å². The first-order valence-electron chi connectivity index (χ1n) is 5.56. The number of rotatable bonds is 7. The Morgan fingerprint density at radius 3 is 2.87 bits per heavy atom. The second-order valence-corrected chi connectivity index (χ2v) is 4.47. The molecule has 3 nitrogen and oxygen atoms in total. The molecule has 0 bridgehead atoms. The predicted octanol–water partition coefficient (Wildman–Crippen LogP) is 2.25. The molecule has 0 aromatic carbocycles. The maximum absolute atomic E-state index is 4.41. The van der Waals surface area contributed by atoms with Gasteiger partial charge in [0.1, 0.15) is 0 Å². The van der Waals surface area contributed by atoms with Crippen LogP contribution in [0.5, 0.6) is 0 Å². The van der Waals surface area contributed by atoms with Crippen molar-refractivity contribution in [2.45, 2.75) is 32.7 Å². The van der Waals surface area contributed by atoms with Gasteiger partial charge in [-0.25, -0.2) is 0 Å². The van der Waals surface area contributed by atoms with Crippen molar-refractivity contribution < 1.29 is 0 Å². The summed E-state index contributed by atoms with van der Waals surface area (Å²) in [5.74, 6) is 0. The summed E-state index contributed by atoms with van der Waals surface area (Å²) in [7, 11) is 2.01. The molecule has 0 spiro atoms. The van der Waals surface area contributed by atoms with E-state index < -0.39 is 0 Å². The van der Waals surface area contributed by atoms with Crippen LogP contribution in [0.4, 0.5) is 0 Å². The number of hydrogen-bond donors (Lipinski definition) is 1. The summed E-state index contributed by atoms with van der Waals surface area (Å²) in [6.45, 7) is 4.14. The number of unbranched alkanes of at least 4 members (excludes halogenated alkanes) is 1. The minimum atomic E-state index is 0.922. The zero-order chi connectivity index (χ0) is 11.1. The number of nitrogens with one attached hydrogen (secondary N) is 1. The van der Waals surface area contributed by atoms with Crippen LogP contribution in [0.15, 0.2) is 6.07 Å². The van der Waals surface area contributed by atoms with E-state index in [1.807, 2.05) is 11.7 Å². The summed E-state index contributed by atoms with van der Waals surface area (Å²) >= 11 is 3.43. The lowest BCUT2D eigenvalue weighted by Gasteiger charge is -2.03. The molecule has 0 amide bonds. The van der Waals surface area contributed by atoms with Crippen molar-refractivity contribution in [3.8, 4) is 0 Å². The van der Waals surface area contributed by atoms with Crippen molar-refractivity contribution in [1.82, 2.24) is 15.1 Å². The Kier molecular flexibility index (Phi) is 5.95. The second-order valence-electron chi connectivity index (χ2n) is 3.68. The van der Waals surface area contributed by atoms with Crippen molar-refractivity contribution in [2.24, 2.45) is 7.05 Å². The molecular weight excluding hydrogens is 254 g/mol. The Morgan fingerprint density at radius 1 is 1.47 bits per heavy atom. The molecule has 1 rings (SSSR count). The van der Waals surface area contributed by atoms with Crippen LogP contribution in [-0.4, -0.2) is 21.7 Å². The van der Waals surface area contributed by atoms with Crippen LogP contribution in [0.2, 0.25) is 0 Å². The van der Waals surface area contributed by atoms with E-state index in [0.29, 0.717) is 0 Å². The Morgan fingerprint density at radius 2 is 2.27 bits per heavy atom. The van der Waals surface area contributed by atoms with Gasteiger partial charge in [0, 0.05) is 18.9 Å². The molecule has 0 saturated heterocycles. The van der Waals surface area contributed by atoms with Gasteiger partial charge in [-0.3, -0.25) is 4.68 Å². The molecule has 0 aliphatic rings. The number of alkyl halides is 1. The number of halogens is 1. The van der Waals surface area contributed by atoms with Crippen molar-refractivity contribution in [1.29, 1.82) is 0 Å². The van der Waals surface area contributed by atoms with Crippen LogP contribution in [-0.2, 0) is 20.0 Å². The first-order chi connectivity index (χ1) is 7.27. The summed E-state index contributed by atoms with van der Waals surface area (Å²) in [4.78, 5) is 0. The molecule has 1 aromatic rings. The Balaban J connectivity index is 2.27.